The van der Waals surface area contributed by atoms with Crippen molar-refractivity contribution in [3.63, 3.8) is 0 Å². The van der Waals surface area contributed by atoms with E-state index >= 15 is 0 Å². The number of hydrogen-bond acceptors (Lipinski definition) is 3. The van der Waals surface area contributed by atoms with Crippen molar-refractivity contribution < 1.29 is 14.3 Å². The minimum atomic E-state index is -0.480. The zero-order valence-corrected chi connectivity index (χ0v) is 12.9. The number of ether oxygens (including phenoxy) is 1. The molecule has 2 atom stereocenters. The van der Waals surface area contributed by atoms with Crippen molar-refractivity contribution in [1.82, 2.24) is 5.32 Å². The first kappa shape index (κ1) is 15.4. The van der Waals surface area contributed by atoms with Crippen LogP contribution in [0.25, 0.3) is 0 Å². The van der Waals surface area contributed by atoms with Gasteiger partial charge in [0.1, 0.15) is 17.8 Å². The summed E-state index contributed by atoms with van der Waals surface area (Å²) in [5.41, 5.74) is 0.701. The van der Waals surface area contributed by atoms with E-state index in [0.29, 0.717) is 17.9 Å². The van der Waals surface area contributed by atoms with Crippen LogP contribution >= 0.6 is 0 Å². The number of piperazine rings is 1. The van der Waals surface area contributed by atoms with Crippen LogP contribution in [0.4, 0.5) is 5.69 Å². The van der Waals surface area contributed by atoms with Gasteiger partial charge in [0.05, 0.1) is 7.11 Å². The fourth-order valence-corrected chi connectivity index (χ4v) is 2.62. The molecule has 1 aromatic rings. The zero-order valence-electron chi connectivity index (χ0n) is 12.9. The van der Waals surface area contributed by atoms with E-state index < -0.39 is 12.1 Å². The molecule has 0 aromatic heterocycles. The lowest BCUT2D eigenvalue weighted by atomic mass is 9.96. The number of rotatable bonds is 4. The maximum absolute atomic E-state index is 12.8. The lowest BCUT2D eigenvalue weighted by molar-refractivity contribution is -0.134. The van der Waals surface area contributed by atoms with Crippen LogP contribution < -0.4 is 15.0 Å². The molecule has 2 unspecified atom stereocenters. The minimum absolute atomic E-state index is 0.0485. The first-order valence-corrected chi connectivity index (χ1v) is 7.27. The van der Waals surface area contributed by atoms with Gasteiger partial charge in [0, 0.05) is 11.8 Å². The monoisotopic (exact) mass is 290 g/mol. The number of nitrogens with zero attached hydrogens (tertiary/aromatic N) is 1. The van der Waals surface area contributed by atoms with Crippen LogP contribution in [0.1, 0.15) is 27.2 Å². The Hall–Kier alpha value is -2.04. The number of amides is 2. The lowest BCUT2D eigenvalue weighted by Gasteiger charge is -2.40. The molecule has 1 N–H and O–H groups in total. The second-order valence-electron chi connectivity index (χ2n) is 5.56. The average Bonchev–Trinajstić information content (AvgIpc) is 2.48. The van der Waals surface area contributed by atoms with Gasteiger partial charge in [-0.05, 0) is 24.5 Å². The summed E-state index contributed by atoms with van der Waals surface area (Å²) in [6, 6.07) is 6.31. The predicted molar refractivity (Wildman–Crippen MR) is 81.3 cm³/mol. The molecular formula is C16H22N2O3. The van der Waals surface area contributed by atoms with Crippen molar-refractivity contribution in [2.24, 2.45) is 5.92 Å². The molecule has 21 heavy (non-hydrogen) atoms. The van der Waals surface area contributed by atoms with Gasteiger partial charge in [-0.25, -0.2) is 0 Å². The van der Waals surface area contributed by atoms with Gasteiger partial charge < -0.3 is 10.1 Å². The van der Waals surface area contributed by atoms with E-state index in [2.05, 4.69) is 5.32 Å². The molecule has 5 nitrogen and oxygen atoms in total. The van der Waals surface area contributed by atoms with Gasteiger partial charge in [-0.3, -0.25) is 14.5 Å². The molecule has 1 aliphatic rings. The van der Waals surface area contributed by atoms with E-state index in [1.54, 1.807) is 18.1 Å². The van der Waals surface area contributed by atoms with E-state index in [-0.39, 0.29) is 17.7 Å². The molecule has 1 aromatic carbocycles. The van der Waals surface area contributed by atoms with Crippen LogP contribution in [-0.4, -0.2) is 31.0 Å². The molecule has 0 spiro atoms. The Bertz CT molecular complexity index is 542. The summed E-state index contributed by atoms with van der Waals surface area (Å²) in [6.45, 7) is 5.76. The maximum atomic E-state index is 12.8. The predicted octanol–water partition coefficient (Wildman–Crippen LogP) is 1.96. The molecule has 1 heterocycles. The molecule has 0 radical (unpaired) electrons. The number of carbonyl (C=O) groups excluding carboxylic acids is 2. The first-order valence-electron chi connectivity index (χ1n) is 7.27. The Morgan fingerprint density at radius 3 is 2.62 bits per heavy atom. The fraction of sp³-hybridized carbons (Fsp3) is 0.500. The summed E-state index contributed by atoms with van der Waals surface area (Å²) in [5.74, 6) is 0.554. The second-order valence-corrected chi connectivity index (χ2v) is 5.56. The highest BCUT2D eigenvalue weighted by Gasteiger charge is 2.41. The Labute approximate surface area is 125 Å². The molecule has 1 saturated heterocycles. The smallest absolute Gasteiger partial charge is 0.250 e. The Morgan fingerprint density at radius 2 is 2.05 bits per heavy atom. The molecule has 5 heteroatoms. The second kappa shape index (κ2) is 6.16. The topological polar surface area (TPSA) is 58.6 Å². The lowest BCUT2D eigenvalue weighted by Crippen LogP contribution is -2.64. The minimum Gasteiger partial charge on any atom is -0.497 e. The SMILES string of the molecule is CCC1C(=O)NC(C(C)C)C(=O)N1c1cccc(OC)c1. The van der Waals surface area contributed by atoms with E-state index in [9.17, 15) is 9.59 Å². The van der Waals surface area contributed by atoms with E-state index in [0.717, 1.165) is 0 Å². The average molecular weight is 290 g/mol. The number of carbonyl (C=O) groups is 2. The van der Waals surface area contributed by atoms with Crippen LogP contribution in [0.15, 0.2) is 24.3 Å². The van der Waals surface area contributed by atoms with Gasteiger partial charge in [-0.2, -0.15) is 0 Å². The van der Waals surface area contributed by atoms with Crippen molar-refractivity contribution >= 4 is 17.5 Å². The summed E-state index contributed by atoms with van der Waals surface area (Å²) in [5, 5.41) is 2.83. The largest absolute Gasteiger partial charge is 0.497 e. The van der Waals surface area contributed by atoms with Gasteiger partial charge in [0.25, 0.3) is 5.91 Å². The summed E-state index contributed by atoms with van der Waals surface area (Å²) >= 11 is 0. The van der Waals surface area contributed by atoms with Crippen LogP contribution in [0, 0.1) is 5.92 Å². The highest BCUT2D eigenvalue weighted by molar-refractivity contribution is 6.08. The molecule has 0 saturated carbocycles. The third-order valence-electron chi connectivity index (χ3n) is 3.80. The summed E-state index contributed by atoms with van der Waals surface area (Å²) in [6.07, 6.45) is 0.569. The van der Waals surface area contributed by atoms with Crippen LogP contribution in [-0.2, 0) is 9.59 Å². The zero-order chi connectivity index (χ0) is 15.6. The van der Waals surface area contributed by atoms with Crippen molar-refractivity contribution in [3.05, 3.63) is 24.3 Å². The van der Waals surface area contributed by atoms with Gasteiger partial charge in [-0.1, -0.05) is 26.8 Å². The van der Waals surface area contributed by atoms with Crippen molar-refractivity contribution in [1.29, 1.82) is 0 Å². The van der Waals surface area contributed by atoms with Gasteiger partial charge in [0.2, 0.25) is 5.91 Å². The van der Waals surface area contributed by atoms with E-state index in [1.165, 1.54) is 0 Å². The normalized spacial score (nSPS) is 22.4. The number of methoxy groups -OCH3 is 1. The van der Waals surface area contributed by atoms with Gasteiger partial charge in [-0.15, -0.1) is 0 Å². The Balaban J connectivity index is 2.43. The summed E-state index contributed by atoms with van der Waals surface area (Å²) in [4.78, 5) is 26.6. The molecule has 1 fully saturated rings. The quantitative estimate of drug-likeness (QED) is 0.922. The Morgan fingerprint density at radius 1 is 1.33 bits per heavy atom. The Kier molecular flexibility index (Phi) is 4.50. The van der Waals surface area contributed by atoms with Crippen molar-refractivity contribution in [3.8, 4) is 5.75 Å². The molecule has 114 valence electrons. The molecule has 0 bridgehead atoms. The number of nitrogens with one attached hydrogen (secondary N) is 1. The number of hydrogen-bond donors (Lipinski definition) is 1. The summed E-state index contributed by atoms with van der Waals surface area (Å²) < 4.78 is 5.21. The third-order valence-corrected chi connectivity index (χ3v) is 3.80. The first-order chi connectivity index (χ1) is 9.99. The van der Waals surface area contributed by atoms with Crippen LogP contribution in [0.5, 0.6) is 5.75 Å². The van der Waals surface area contributed by atoms with Crippen molar-refractivity contribution in [2.45, 2.75) is 39.3 Å². The number of anilines is 1. The van der Waals surface area contributed by atoms with E-state index in [4.69, 9.17) is 4.74 Å². The van der Waals surface area contributed by atoms with Gasteiger partial charge >= 0.3 is 0 Å². The molecule has 1 aliphatic heterocycles. The fourth-order valence-electron chi connectivity index (χ4n) is 2.62. The van der Waals surface area contributed by atoms with Crippen molar-refractivity contribution in [2.75, 3.05) is 12.0 Å². The third kappa shape index (κ3) is 2.86. The van der Waals surface area contributed by atoms with Gasteiger partial charge in [0.15, 0.2) is 0 Å². The standard InChI is InChI=1S/C16H22N2O3/c1-5-13-15(19)17-14(10(2)3)16(20)18(13)11-7-6-8-12(9-11)21-4/h6-10,13-14H,5H2,1-4H3,(H,17,19). The molecule has 0 aliphatic carbocycles. The molecule has 2 rings (SSSR count). The molecule has 2 amide bonds. The van der Waals surface area contributed by atoms with Crippen LogP contribution in [0.2, 0.25) is 0 Å². The highest BCUT2D eigenvalue weighted by atomic mass is 16.5. The number of benzene rings is 1. The molecular weight excluding hydrogens is 268 g/mol. The summed E-state index contributed by atoms with van der Waals surface area (Å²) in [7, 11) is 1.58. The van der Waals surface area contributed by atoms with E-state index in [1.807, 2.05) is 39.0 Å². The maximum Gasteiger partial charge on any atom is 0.250 e. The van der Waals surface area contributed by atoms with Crippen LogP contribution in [0.3, 0.4) is 0 Å². The highest BCUT2D eigenvalue weighted by Crippen LogP contribution is 2.27.